The van der Waals surface area contributed by atoms with Gasteiger partial charge in [-0.3, -0.25) is 0 Å². The van der Waals surface area contributed by atoms with Gasteiger partial charge in [-0.1, -0.05) is 30.4 Å². The predicted molar refractivity (Wildman–Crippen MR) is 92.4 cm³/mol. The Morgan fingerprint density at radius 3 is 2.80 bits per heavy atom. The van der Waals surface area contributed by atoms with Crippen LogP contribution in [0.4, 0.5) is 0 Å². The van der Waals surface area contributed by atoms with Gasteiger partial charge in [0.25, 0.3) is 0 Å². The molecule has 0 bridgehead atoms. The minimum Gasteiger partial charge on any atom is -0.457 e. The molecule has 0 spiro atoms. The maximum absolute atomic E-state index is 12.3. The maximum atomic E-state index is 12.3. The van der Waals surface area contributed by atoms with Crippen molar-refractivity contribution < 1.29 is 24.2 Å². The Kier molecular flexibility index (Phi) is 4.23. The Balaban J connectivity index is 2.01. The molecule has 0 aromatic rings. The van der Waals surface area contributed by atoms with Crippen LogP contribution in [0, 0.1) is 11.8 Å². The number of hydrogen-bond donors (Lipinski definition) is 1. The van der Waals surface area contributed by atoms with Crippen molar-refractivity contribution in [2.45, 2.75) is 51.9 Å². The fraction of sp³-hybridized carbons (Fsp3) is 0.500. The van der Waals surface area contributed by atoms with E-state index in [0.717, 1.165) is 11.1 Å². The fourth-order valence-electron chi connectivity index (χ4n) is 3.95. The number of allylic oxidation sites excluding steroid dienone is 3. The number of rotatable bonds is 2. The molecule has 3 aliphatic rings. The standard InChI is InChI=1S/C20H24O5/c1-6-10(2)18(21)24-15-9-13-12(4)19(22)25-17(13)16-11(3)7-8-14(16)20(15,5)23/h6-8,13,15-17,23H,4,9H2,1-3,5H3/b10-6+/t13-,15+,16-,17-,20-/m0/s1. The lowest BCUT2D eigenvalue weighted by Crippen LogP contribution is -2.45. The van der Waals surface area contributed by atoms with Crippen LogP contribution >= 0.6 is 0 Å². The average molecular weight is 344 g/mol. The lowest BCUT2D eigenvalue weighted by molar-refractivity contribution is -0.156. The number of hydrogen-bond acceptors (Lipinski definition) is 5. The second-order valence-electron chi connectivity index (χ2n) is 7.26. The van der Waals surface area contributed by atoms with Gasteiger partial charge in [0.05, 0.1) is 0 Å². The highest BCUT2D eigenvalue weighted by atomic mass is 16.6. The average Bonchev–Trinajstić information content (AvgIpc) is 3.05. The first-order chi connectivity index (χ1) is 11.7. The molecule has 1 aliphatic heterocycles. The molecule has 3 rings (SSSR count). The molecule has 25 heavy (non-hydrogen) atoms. The van der Waals surface area contributed by atoms with E-state index in [1.54, 1.807) is 26.8 Å². The first-order valence-electron chi connectivity index (χ1n) is 8.53. The van der Waals surface area contributed by atoms with E-state index in [4.69, 9.17) is 9.47 Å². The Morgan fingerprint density at radius 2 is 2.16 bits per heavy atom. The summed E-state index contributed by atoms with van der Waals surface area (Å²) >= 11 is 0. The molecule has 0 amide bonds. The minimum absolute atomic E-state index is 0.213. The number of carbonyl (C=O) groups is 2. The predicted octanol–water partition coefficient (Wildman–Crippen LogP) is 2.62. The summed E-state index contributed by atoms with van der Waals surface area (Å²) in [4.78, 5) is 24.3. The van der Waals surface area contributed by atoms with E-state index in [9.17, 15) is 14.7 Å². The van der Waals surface area contributed by atoms with Crippen LogP contribution in [0.1, 0.15) is 34.1 Å². The van der Waals surface area contributed by atoms with Crippen molar-refractivity contribution in [3.8, 4) is 0 Å². The van der Waals surface area contributed by atoms with Gasteiger partial charge >= 0.3 is 11.9 Å². The van der Waals surface area contributed by atoms with Crippen LogP contribution in [-0.4, -0.2) is 34.9 Å². The van der Waals surface area contributed by atoms with Crippen LogP contribution in [0.2, 0.25) is 0 Å². The normalized spacial score (nSPS) is 37.6. The van der Waals surface area contributed by atoms with Crippen molar-refractivity contribution in [1.29, 1.82) is 0 Å². The molecular weight excluding hydrogens is 320 g/mol. The third-order valence-corrected chi connectivity index (χ3v) is 5.71. The van der Waals surface area contributed by atoms with E-state index in [1.165, 1.54) is 0 Å². The third kappa shape index (κ3) is 2.67. The first-order valence-corrected chi connectivity index (χ1v) is 8.53. The highest BCUT2D eigenvalue weighted by molar-refractivity contribution is 5.91. The van der Waals surface area contributed by atoms with Crippen LogP contribution in [0.5, 0.6) is 0 Å². The van der Waals surface area contributed by atoms with Gasteiger partial charge in [-0.25, -0.2) is 9.59 Å². The molecule has 5 nitrogen and oxygen atoms in total. The SMILES string of the molecule is C=C1C(=O)O[C@@H]2[C@H]3C(C)=CC=C3[C@](C)(O)[C@H](OC(=O)/C(C)=C/C)C[C@@H]12. The second kappa shape index (κ2) is 5.99. The Labute approximate surface area is 147 Å². The lowest BCUT2D eigenvalue weighted by atomic mass is 9.81. The molecule has 1 heterocycles. The van der Waals surface area contributed by atoms with Crippen molar-refractivity contribution in [2.75, 3.05) is 0 Å². The molecule has 1 saturated heterocycles. The zero-order chi connectivity index (χ0) is 18.5. The summed E-state index contributed by atoms with van der Waals surface area (Å²) in [6.45, 7) is 10.9. The highest BCUT2D eigenvalue weighted by Gasteiger charge is 2.56. The summed E-state index contributed by atoms with van der Waals surface area (Å²) in [6, 6.07) is 0. The van der Waals surface area contributed by atoms with E-state index < -0.39 is 29.7 Å². The number of esters is 2. The monoisotopic (exact) mass is 344 g/mol. The van der Waals surface area contributed by atoms with E-state index in [0.29, 0.717) is 17.6 Å². The van der Waals surface area contributed by atoms with Gasteiger partial charge in [0.2, 0.25) is 0 Å². The largest absolute Gasteiger partial charge is 0.457 e. The van der Waals surface area contributed by atoms with E-state index in [1.807, 2.05) is 19.1 Å². The minimum atomic E-state index is -1.35. The van der Waals surface area contributed by atoms with Crippen molar-refractivity contribution in [2.24, 2.45) is 11.8 Å². The summed E-state index contributed by atoms with van der Waals surface area (Å²) in [6.07, 6.45) is 4.53. The number of ether oxygens (including phenoxy) is 2. The van der Waals surface area contributed by atoms with Gasteiger partial charge in [0.15, 0.2) is 0 Å². The van der Waals surface area contributed by atoms with Crippen LogP contribution in [-0.2, 0) is 19.1 Å². The molecular formula is C20H24O5. The summed E-state index contributed by atoms with van der Waals surface area (Å²) in [5.74, 6) is -1.39. The van der Waals surface area contributed by atoms with E-state index in [2.05, 4.69) is 6.58 Å². The van der Waals surface area contributed by atoms with Gasteiger partial charge < -0.3 is 14.6 Å². The first kappa shape index (κ1) is 17.7. The summed E-state index contributed by atoms with van der Waals surface area (Å²) in [5.41, 5.74) is 1.24. The molecule has 5 heteroatoms. The molecule has 134 valence electrons. The van der Waals surface area contributed by atoms with Gasteiger partial charge in [-0.05, 0) is 39.7 Å². The van der Waals surface area contributed by atoms with Crippen molar-refractivity contribution in [1.82, 2.24) is 0 Å². The fourth-order valence-corrected chi connectivity index (χ4v) is 3.95. The van der Waals surface area contributed by atoms with Gasteiger partial charge in [0, 0.05) is 23.0 Å². The van der Waals surface area contributed by atoms with Crippen LogP contribution in [0.25, 0.3) is 0 Å². The maximum Gasteiger partial charge on any atom is 0.334 e. The lowest BCUT2D eigenvalue weighted by Gasteiger charge is -2.34. The Hall–Kier alpha value is -2.14. The van der Waals surface area contributed by atoms with Gasteiger partial charge in [-0.15, -0.1) is 0 Å². The number of aliphatic hydroxyl groups is 1. The summed E-state index contributed by atoms with van der Waals surface area (Å²) < 4.78 is 11.2. The van der Waals surface area contributed by atoms with Crippen LogP contribution in [0.15, 0.2) is 47.1 Å². The molecule has 1 N–H and O–H groups in total. The Bertz CT molecular complexity index is 737. The number of fused-ring (bicyclic) bond motifs is 3. The quantitative estimate of drug-likeness (QED) is 0.616. The molecule has 0 aromatic carbocycles. The molecule has 0 radical (unpaired) electrons. The second-order valence-corrected chi connectivity index (χ2v) is 7.26. The summed E-state index contributed by atoms with van der Waals surface area (Å²) in [7, 11) is 0. The van der Waals surface area contributed by atoms with Gasteiger partial charge in [-0.2, -0.15) is 0 Å². The van der Waals surface area contributed by atoms with Crippen LogP contribution in [0.3, 0.4) is 0 Å². The topological polar surface area (TPSA) is 72.8 Å². The molecule has 2 aliphatic carbocycles. The molecule has 2 fully saturated rings. The van der Waals surface area contributed by atoms with E-state index in [-0.39, 0.29) is 11.8 Å². The smallest absolute Gasteiger partial charge is 0.334 e. The van der Waals surface area contributed by atoms with Gasteiger partial charge in [0.1, 0.15) is 17.8 Å². The molecule has 5 atom stereocenters. The van der Waals surface area contributed by atoms with Crippen molar-refractivity contribution >= 4 is 11.9 Å². The van der Waals surface area contributed by atoms with Crippen LogP contribution < -0.4 is 0 Å². The molecule has 0 aromatic heterocycles. The molecule has 1 saturated carbocycles. The molecule has 0 unspecified atom stereocenters. The third-order valence-electron chi connectivity index (χ3n) is 5.71. The zero-order valence-electron chi connectivity index (χ0n) is 15.0. The highest BCUT2D eigenvalue weighted by Crippen LogP contribution is 2.50. The zero-order valence-corrected chi connectivity index (χ0v) is 15.0. The summed E-state index contributed by atoms with van der Waals surface area (Å²) in [5, 5.41) is 11.2. The Morgan fingerprint density at radius 1 is 1.48 bits per heavy atom. The van der Waals surface area contributed by atoms with E-state index >= 15 is 0 Å². The van der Waals surface area contributed by atoms with Crippen molar-refractivity contribution in [3.05, 3.63) is 47.1 Å². The van der Waals surface area contributed by atoms with Crippen molar-refractivity contribution in [3.63, 3.8) is 0 Å². The number of carbonyl (C=O) groups excluding carboxylic acids is 2.